The molecule has 0 atom stereocenters. The van der Waals surface area contributed by atoms with Crippen molar-refractivity contribution in [2.75, 3.05) is 38.2 Å². The van der Waals surface area contributed by atoms with E-state index in [9.17, 15) is 4.79 Å². The molecular weight excluding hydrogens is 252 g/mol. The number of benzene rings is 1. The summed E-state index contributed by atoms with van der Waals surface area (Å²) in [4.78, 5) is 13.8. The third-order valence-electron chi connectivity index (χ3n) is 2.77. The Labute approximate surface area is 123 Å². The lowest BCUT2D eigenvalue weighted by Crippen LogP contribution is -2.44. The molecule has 1 fully saturated rings. The molecule has 4 heteroatoms. The summed E-state index contributed by atoms with van der Waals surface area (Å²) in [7, 11) is 1.41. The number of carbonyl (C=O) groups excluding carboxylic acids is 1. The summed E-state index contributed by atoms with van der Waals surface area (Å²) in [6, 6.07) is 7.59. The third kappa shape index (κ3) is 5.21. The van der Waals surface area contributed by atoms with Crippen molar-refractivity contribution in [3.63, 3.8) is 0 Å². The van der Waals surface area contributed by atoms with Gasteiger partial charge in [0.05, 0.1) is 18.4 Å². The molecule has 1 heterocycles. The maximum Gasteiger partial charge on any atom is 0.339 e. The number of hydrogen-bond acceptors (Lipinski definition) is 4. The van der Waals surface area contributed by atoms with E-state index in [-0.39, 0.29) is 5.97 Å². The minimum atomic E-state index is -0.269. The normalized spacial score (nSPS) is 13.3. The van der Waals surface area contributed by atoms with Gasteiger partial charge in [0, 0.05) is 26.2 Å². The lowest BCUT2D eigenvalue weighted by Gasteiger charge is -2.30. The summed E-state index contributed by atoms with van der Waals surface area (Å²) in [6.07, 6.45) is 0. The van der Waals surface area contributed by atoms with Crippen LogP contribution in [0.5, 0.6) is 0 Å². The monoisotopic (exact) mass is 280 g/mol. The fourth-order valence-electron chi connectivity index (χ4n) is 1.94. The molecule has 1 aliphatic rings. The first kappa shape index (κ1) is 18.4. The molecular formula is C16H28N2O2. The first-order chi connectivity index (χ1) is 9.83. The number of anilines is 1. The van der Waals surface area contributed by atoms with E-state index in [0.717, 1.165) is 31.9 Å². The number of nitrogens with one attached hydrogen (secondary N) is 1. The van der Waals surface area contributed by atoms with Crippen LogP contribution >= 0.6 is 0 Å². The van der Waals surface area contributed by atoms with E-state index in [2.05, 4.69) is 10.2 Å². The van der Waals surface area contributed by atoms with Crippen LogP contribution in [0, 0.1) is 0 Å². The Bertz CT molecular complexity index is 374. The van der Waals surface area contributed by atoms with Crippen LogP contribution < -0.4 is 10.2 Å². The molecule has 1 saturated heterocycles. The summed E-state index contributed by atoms with van der Waals surface area (Å²) in [5, 5.41) is 3.29. The fraction of sp³-hybridized carbons (Fsp3) is 0.562. The molecule has 0 spiro atoms. The van der Waals surface area contributed by atoms with Crippen LogP contribution in [0.2, 0.25) is 0 Å². The number of piperazine rings is 1. The van der Waals surface area contributed by atoms with Gasteiger partial charge < -0.3 is 15.0 Å². The Morgan fingerprint density at radius 3 is 2.20 bits per heavy atom. The van der Waals surface area contributed by atoms with E-state index in [1.807, 2.05) is 52.0 Å². The Kier molecular flexibility index (Phi) is 10.4. The van der Waals surface area contributed by atoms with Crippen LogP contribution in [0.4, 0.5) is 5.69 Å². The fourth-order valence-corrected chi connectivity index (χ4v) is 1.94. The molecule has 1 aromatic rings. The molecule has 0 saturated carbocycles. The van der Waals surface area contributed by atoms with Crippen molar-refractivity contribution in [2.45, 2.75) is 27.7 Å². The smallest absolute Gasteiger partial charge is 0.339 e. The summed E-state index contributed by atoms with van der Waals surface area (Å²) in [5.41, 5.74) is 1.61. The Hall–Kier alpha value is -1.55. The first-order valence-corrected chi connectivity index (χ1v) is 7.46. The number of rotatable bonds is 2. The number of methoxy groups -OCH3 is 1. The van der Waals surface area contributed by atoms with E-state index in [1.54, 1.807) is 0 Å². The molecule has 0 bridgehead atoms. The second-order valence-corrected chi connectivity index (χ2v) is 3.75. The minimum absolute atomic E-state index is 0.269. The average molecular weight is 280 g/mol. The molecule has 1 aliphatic heterocycles. The highest BCUT2D eigenvalue weighted by atomic mass is 16.5. The number of para-hydroxylation sites is 1. The quantitative estimate of drug-likeness (QED) is 0.846. The lowest BCUT2D eigenvalue weighted by molar-refractivity contribution is 0.0601. The zero-order chi connectivity index (χ0) is 15.4. The summed E-state index contributed by atoms with van der Waals surface area (Å²) in [5.74, 6) is -0.269. The Balaban J connectivity index is 0.000000829. The van der Waals surface area contributed by atoms with Crippen LogP contribution in [0.1, 0.15) is 38.1 Å². The van der Waals surface area contributed by atoms with Gasteiger partial charge in [0.25, 0.3) is 0 Å². The van der Waals surface area contributed by atoms with Gasteiger partial charge in [-0.25, -0.2) is 4.79 Å². The van der Waals surface area contributed by atoms with Gasteiger partial charge in [-0.05, 0) is 12.1 Å². The molecule has 1 N–H and O–H groups in total. The van der Waals surface area contributed by atoms with Gasteiger partial charge >= 0.3 is 5.97 Å². The SMILES string of the molecule is CC.CC.COC(=O)c1ccccc1N1CCNCC1. The molecule has 0 unspecified atom stereocenters. The molecule has 2 rings (SSSR count). The number of esters is 1. The standard InChI is InChI=1S/C12H16N2O2.2C2H6/c1-16-12(15)10-4-2-3-5-11(10)14-8-6-13-7-9-14;2*1-2/h2-5,13H,6-9H2,1H3;2*1-2H3. The largest absolute Gasteiger partial charge is 0.465 e. The summed E-state index contributed by atoms with van der Waals surface area (Å²) in [6.45, 7) is 11.8. The second kappa shape index (κ2) is 11.3. The van der Waals surface area contributed by atoms with Crippen molar-refractivity contribution in [1.29, 1.82) is 0 Å². The molecule has 0 aromatic heterocycles. The Morgan fingerprint density at radius 1 is 1.10 bits per heavy atom. The van der Waals surface area contributed by atoms with Crippen LogP contribution in [-0.2, 0) is 4.74 Å². The number of hydrogen-bond donors (Lipinski definition) is 1. The highest BCUT2D eigenvalue weighted by molar-refractivity contribution is 5.95. The zero-order valence-corrected chi connectivity index (χ0v) is 13.4. The number of nitrogens with zero attached hydrogens (tertiary/aromatic N) is 1. The average Bonchev–Trinajstić information content (AvgIpc) is 2.58. The molecule has 0 aliphatic carbocycles. The summed E-state index contributed by atoms with van der Waals surface area (Å²) >= 11 is 0. The number of ether oxygens (including phenoxy) is 1. The minimum Gasteiger partial charge on any atom is -0.465 e. The predicted octanol–water partition coefficient (Wildman–Crippen LogP) is 2.94. The van der Waals surface area contributed by atoms with Gasteiger partial charge in [0.1, 0.15) is 0 Å². The molecule has 0 amide bonds. The van der Waals surface area contributed by atoms with Crippen molar-refractivity contribution >= 4 is 11.7 Å². The molecule has 20 heavy (non-hydrogen) atoms. The highest BCUT2D eigenvalue weighted by Gasteiger charge is 2.17. The van der Waals surface area contributed by atoms with Crippen molar-refractivity contribution < 1.29 is 9.53 Å². The van der Waals surface area contributed by atoms with Crippen LogP contribution in [-0.4, -0.2) is 39.3 Å². The van der Waals surface area contributed by atoms with Crippen LogP contribution in [0.3, 0.4) is 0 Å². The zero-order valence-electron chi connectivity index (χ0n) is 13.4. The van der Waals surface area contributed by atoms with Gasteiger partial charge in [-0.3, -0.25) is 0 Å². The van der Waals surface area contributed by atoms with Gasteiger partial charge in [-0.2, -0.15) is 0 Å². The molecule has 0 radical (unpaired) electrons. The van der Waals surface area contributed by atoms with E-state index in [0.29, 0.717) is 5.56 Å². The first-order valence-electron chi connectivity index (χ1n) is 7.46. The van der Waals surface area contributed by atoms with E-state index in [4.69, 9.17) is 4.74 Å². The topological polar surface area (TPSA) is 41.6 Å². The molecule has 4 nitrogen and oxygen atoms in total. The van der Waals surface area contributed by atoms with E-state index in [1.165, 1.54) is 7.11 Å². The van der Waals surface area contributed by atoms with Crippen molar-refractivity contribution in [3.05, 3.63) is 29.8 Å². The third-order valence-corrected chi connectivity index (χ3v) is 2.77. The van der Waals surface area contributed by atoms with Gasteiger partial charge in [-0.15, -0.1) is 0 Å². The van der Waals surface area contributed by atoms with Crippen molar-refractivity contribution in [2.24, 2.45) is 0 Å². The van der Waals surface area contributed by atoms with Crippen LogP contribution in [0.25, 0.3) is 0 Å². The van der Waals surface area contributed by atoms with Gasteiger partial charge in [-0.1, -0.05) is 39.8 Å². The van der Waals surface area contributed by atoms with Crippen molar-refractivity contribution in [1.82, 2.24) is 5.32 Å². The van der Waals surface area contributed by atoms with E-state index < -0.39 is 0 Å². The molecule has 1 aromatic carbocycles. The van der Waals surface area contributed by atoms with Crippen LogP contribution in [0.15, 0.2) is 24.3 Å². The number of carbonyl (C=O) groups is 1. The highest BCUT2D eigenvalue weighted by Crippen LogP contribution is 2.21. The second-order valence-electron chi connectivity index (χ2n) is 3.75. The predicted molar refractivity (Wildman–Crippen MR) is 85.6 cm³/mol. The van der Waals surface area contributed by atoms with Crippen molar-refractivity contribution in [3.8, 4) is 0 Å². The Morgan fingerprint density at radius 2 is 1.65 bits per heavy atom. The lowest BCUT2D eigenvalue weighted by atomic mass is 10.1. The maximum absolute atomic E-state index is 11.6. The maximum atomic E-state index is 11.6. The van der Waals surface area contributed by atoms with E-state index >= 15 is 0 Å². The molecule has 114 valence electrons. The summed E-state index contributed by atoms with van der Waals surface area (Å²) < 4.78 is 4.79. The van der Waals surface area contributed by atoms with Gasteiger partial charge in [0.15, 0.2) is 0 Å². The van der Waals surface area contributed by atoms with Gasteiger partial charge in [0.2, 0.25) is 0 Å².